The first-order valence-corrected chi connectivity index (χ1v) is 8.70. The molecular weight excluding hydrogens is 349 g/mol. The van der Waals surface area contributed by atoms with Crippen molar-refractivity contribution in [3.8, 4) is 11.5 Å². The summed E-state index contributed by atoms with van der Waals surface area (Å²) < 4.78 is 46.7. The van der Waals surface area contributed by atoms with Gasteiger partial charge in [-0.25, -0.2) is 0 Å². The van der Waals surface area contributed by atoms with Gasteiger partial charge in [0, 0.05) is 32.6 Å². The molecule has 0 unspecified atom stereocenters. The zero-order valence-electron chi connectivity index (χ0n) is 14.6. The molecular formula is C18H23F3N2O3. The van der Waals surface area contributed by atoms with Crippen LogP contribution >= 0.6 is 0 Å². The number of benzene rings is 1. The summed E-state index contributed by atoms with van der Waals surface area (Å²) in [6, 6.07) is 4.75. The van der Waals surface area contributed by atoms with Gasteiger partial charge >= 0.3 is 6.18 Å². The van der Waals surface area contributed by atoms with E-state index in [1.807, 2.05) is 4.90 Å². The Balaban J connectivity index is 1.54. The molecule has 1 aromatic rings. The highest BCUT2D eigenvalue weighted by Crippen LogP contribution is 2.31. The largest absolute Gasteiger partial charge is 0.493 e. The molecule has 2 aliphatic rings. The Hall–Kier alpha value is -1.96. The van der Waals surface area contributed by atoms with Crippen LogP contribution in [0.1, 0.15) is 12.0 Å². The average Bonchev–Trinajstić information content (AvgIpc) is 3.19. The minimum absolute atomic E-state index is 0.0415. The second-order valence-electron chi connectivity index (χ2n) is 6.87. The third-order valence-corrected chi connectivity index (χ3v) is 4.99. The Morgan fingerprint density at radius 3 is 2.54 bits per heavy atom. The van der Waals surface area contributed by atoms with Crippen LogP contribution in [0, 0.1) is 11.8 Å². The maximum Gasteiger partial charge on any atom is 0.422 e. The Labute approximate surface area is 150 Å². The highest BCUT2D eigenvalue weighted by atomic mass is 19.4. The number of alkyl halides is 3. The second kappa shape index (κ2) is 7.73. The third kappa shape index (κ3) is 4.60. The molecule has 26 heavy (non-hydrogen) atoms. The van der Waals surface area contributed by atoms with E-state index >= 15 is 0 Å². The van der Waals surface area contributed by atoms with Crippen molar-refractivity contribution in [1.29, 1.82) is 0 Å². The van der Waals surface area contributed by atoms with Crippen molar-refractivity contribution < 1.29 is 27.4 Å². The molecule has 1 N–H and O–H groups in total. The number of hydrogen-bond acceptors (Lipinski definition) is 4. The number of carbonyl (C=O) groups is 1. The maximum absolute atomic E-state index is 12.4. The van der Waals surface area contributed by atoms with E-state index in [1.165, 1.54) is 13.2 Å². The Kier molecular flexibility index (Phi) is 5.60. The van der Waals surface area contributed by atoms with Gasteiger partial charge in [-0.15, -0.1) is 0 Å². The van der Waals surface area contributed by atoms with Crippen LogP contribution in [0.3, 0.4) is 0 Å². The predicted octanol–water partition coefficient (Wildman–Crippen LogP) is 2.25. The number of halogens is 3. The van der Waals surface area contributed by atoms with Gasteiger partial charge in [0.2, 0.25) is 5.91 Å². The molecule has 2 heterocycles. The number of ether oxygens (including phenoxy) is 2. The molecule has 1 amide bonds. The van der Waals surface area contributed by atoms with Crippen molar-refractivity contribution in [1.82, 2.24) is 10.2 Å². The van der Waals surface area contributed by atoms with Crippen LogP contribution in [0.25, 0.3) is 0 Å². The Bertz CT molecular complexity index is 639. The van der Waals surface area contributed by atoms with Gasteiger partial charge in [0.15, 0.2) is 18.1 Å². The van der Waals surface area contributed by atoms with Crippen molar-refractivity contribution in [2.45, 2.75) is 19.0 Å². The summed E-state index contributed by atoms with van der Waals surface area (Å²) in [5.41, 5.74) is 0.829. The smallest absolute Gasteiger partial charge is 0.422 e. The molecule has 0 saturated carbocycles. The number of likely N-dealkylation sites (tertiary alicyclic amines) is 1. The molecule has 2 fully saturated rings. The Morgan fingerprint density at radius 2 is 1.92 bits per heavy atom. The molecule has 8 heteroatoms. The lowest BCUT2D eigenvalue weighted by atomic mass is 10.0. The van der Waals surface area contributed by atoms with Gasteiger partial charge in [-0.05, 0) is 36.0 Å². The number of nitrogens with one attached hydrogen (secondary N) is 1. The summed E-state index contributed by atoms with van der Waals surface area (Å²) in [7, 11) is 1.38. The van der Waals surface area contributed by atoms with E-state index in [1.54, 1.807) is 12.1 Å². The first-order chi connectivity index (χ1) is 12.4. The first-order valence-electron chi connectivity index (χ1n) is 8.70. The Morgan fingerprint density at radius 1 is 1.23 bits per heavy atom. The number of aryl methyl sites for hydroxylation is 1. The highest BCUT2D eigenvalue weighted by molar-refractivity contribution is 5.76. The first kappa shape index (κ1) is 18.8. The number of hydrogen-bond donors (Lipinski definition) is 1. The molecule has 0 bridgehead atoms. The normalized spacial score (nSPS) is 22.4. The van der Waals surface area contributed by atoms with Crippen molar-refractivity contribution >= 4 is 5.91 Å². The summed E-state index contributed by atoms with van der Waals surface area (Å²) in [5.74, 6) is 1.52. The van der Waals surface area contributed by atoms with Crippen LogP contribution in [-0.2, 0) is 11.2 Å². The van der Waals surface area contributed by atoms with E-state index in [4.69, 9.17) is 9.47 Å². The molecule has 1 aromatic carbocycles. The van der Waals surface area contributed by atoms with Crippen LogP contribution in [-0.4, -0.2) is 56.9 Å². The molecule has 5 nitrogen and oxygen atoms in total. The minimum Gasteiger partial charge on any atom is -0.493 e. The van der Waals surface area contributed by atoms with Gasteiger partial charge in [0.25, 0.3) is 0 Å². The number of nitrogens with zero attached hydrogens (tertiary/aromatic N) is 1. The number of carbonyl (C=O) groups excluding carboxylic acids is 1. The molecule has 0 spiro atoms. The zero-order chi connectivity index (χ0) is 18.7. The summed E-state index contributed by atoms with van der Waals surface area (Å²) in [6.07, 6.45) is -3.52. The number of methoxy groups -OCH3 is 1. The van der Waals surface area contributed by atoms with Crippen LogP contribution in [0.4, 0.5) is 13.2 Å². The summed E-state index contributed by atoms with van der Waals surface area (Å²) in [5, 5.41) is 3.34. The molecule has 0 aromatic heterocycles. The van der Waals surface area contributed by atoms with Crippen molar-refractivity contribution in [2.75, 3.05) is 39.9 Å². The van der Waals surface area contributed by atoms with Crippen molar-refractivity contribution in [2.24, 2.45) is 11.8 Å². The number of amides is 1. The number of fused-ring (bicyclic) bond motifs is 1. The molecule has 0 aliphatic carbocycles. The topological polar surface area (TPSA) is 50.8 Å². The standard InChI is InChI=1S/C18H23F3N2O3/c1-25-16-6-12(2-4-15(16)26-11-18(19,20)21)3-5-17(24)23-9-13-7-22-8-14(13)10-23/h2,4,6,13-14,22H,3,5,7-11H2,1H3/t13-,14+. The molecule has 2 saturated heterocycles. The SMILES string of the molecule is COc1cc(CCC(=O)N2C[C@H]3CNC[C@H]3C2)ccc1OCC(F)(F)F. The van der Waals surface area contributed by atoms with Crippen LogP contribution in [0.5, 0.6) is 11.5 Å². The number of rotatable bonds is 6. The van der Waals surface area contributed by atoms with E-state index < -0.39 is 12.8 Å². The maximum atomic E-state index is 12.4. The second-order valence-corrected chi connectivity index (χ2v) is 6.87. The van der Waals surface area contributed by atoms with Gasteiger partial charge in [-0.3, -0.25) is 4.79 Å². The van der Waals surface area contributed by atoms with Crippen molar-refractivity contribution in [3.05, 3.63) is 23.8 Å². The van der Waals surface area contributed by atoms with E-state index in [0.717, 1.165) is 31.7 Å². The fourth-order valence-corrected chi connectivity index (χ4v) is 3.61. The lowest BCUT2D eigenvalue weighted by Gasteiger charge is -2.18. The predicted molar refractivity (Wildman–Crippen MR) is 89.3 cm³/mol. The van der Waals surface area contributed by atoms with E-state index in [2.05, 4.69) is 5.32 Å². The molecule has 2 atom stereocenters. The van der Waals surface area contributed by atoms with Crippen molar-refractivity contribution in [3.63, 3.8) is 0 Å². The molecule has 0 radical (unpaired) electrons. The summed E-state index contributed by atoms with van der Waals surface area (Å²) >= 11 is 0. The zero-order valence-corrected chi connectivity index (χ0v) is 14.6. The fourth-order valence-electron chi connectivity index (χ4n) is 3.61. The third-order valence-electron chi connectivity index (χ3n) is 4.99. The van der Waals surface area contributed by atoms with Gasteiger partial charge in [-0.1, -0.05) is 6.07 Å². The minimum atomic E-state index is -4.40. The molecule has 144 valence electrons. The fraction of sp³-hybridized carbons (Fsp3) is 0.611. The lowest BCUT2D eigenvalue weighted by molar-refractivity contribution is -0.153. The van der Waals surface area contributed by atoms with E-state index in [0.29, 0.717) is 24.7 Å². The van der Waals surface area contributed by atoms with Gasteiger partial charge < -0.3 is 19.7 Å². The van der Waals surface area contributed by atoms with E-state index in [9.17, 15) is 18.0 Å². The van der Waals surface area contributed by atoms with Gasteiger partial charge in [0.1, 0.15) is 0 Å². The van der Waals surface area contributed by atoms with Crippen LogP contribution in [0.15, 0.2) is 18.2 Å². The molecule has 3 rings (SSSR count). The highest BCUT2D eigenvalue weighted by Gasteiger charge is 2.37. The van der Waals surface area contributed by atoms with Gasteiger partial charge in [0.05, 0.1) is 7.11 Å². The van der Waals surface area contributed by atoms with Crippen LogP contribution in [0.2, 0.25) is 0 Å². The molecule has 2 aliphatic heterocycles. The van der Waals surface area contributed by atoms with E-state index in [-0.39, 0.29) is 17.4 Å². The monoisotopic (exact) mass is 372 g/mol. The summed E-state index contributed by atoms with van der Waals surface area (Å²) in [6.45, 7) is 2.21. The quantitative estimate of drug-likeness (QED) is 0.832. The summed E-state index contributed by atoms with van der Waals surface area (Å²) in [4.78, 5) is 14.3. The van der Waals surface area contributed by atoms with Crippen LogP contribution < -0.4 is 14.8 Å². The average molecular weight is 372 g/mol. The lowest BCUT2D eigenvalue weighted by Crippen LogP contribution is -2.31. The van der Waals surface area contributed by atoms with Gasteiger partial charge in [-0.2, -0.15) is 13.2 Å².